The van der Waals surface area contributed by atoms with E-state index in [1.165, 1.54) is 22.5 Å². The summed E-state index contributed by atoms with van der Waals surface area (Å²) in [5.41, 5.74) is 1.68. The Hall–Kier alpha value is -1.88. The molecule has 1 unspecified atom stereocenters. The van der Waals surface area contributed by atoms with E-state index in [0.29, 0.717) is 12.1 Å². The minimum Gasteiger partial charge on any atom is -0.263 e. The largest absolute Gasteiger partial charge is 0.264 e. The minimum atomic E-state index is -3.73. The first-order valence-electron chi connectivity index (χ1n) is 6.38. The van der Waals surface area contributed by atoms with Gasteiger partial charge in [-0.1, -0.05) is 24.3 Å². The summed E-state index contributed by atoms with van der Waals surface area (Å²) in [4.78, 5) is -0.0129. The highest BCUT2D eigenvalue weighted by Gasteiger charge is 2.35. The van der Waals surface area contributed by atoms with E-state index >= 15 is 0 Å². The van der Waals surface area contributed by atoms with Crippen molar-refractivity contribution in [3.63, 3.8) is 0 Å². The Balaban J connectivity index is 2.13. The molecule has 20 heavy (non-hydrogen) atoms. The number of sulfonamides is 1. The Labute approximate surface area is 117 Å². The maximum Gasteiger partial charge on any atom is 0.264 e. The number of fused-ring (bicyclic) bond motifs is 1. The van der Waals surface area contributed by atoms with Crippen molar-refractivity contribution in [3.8, 4) is 0 Å². The first kappa shape index (κ1) is 13.1. The molecule has 0 saturated carbocycles. The second-order valence-corrected chi connectivity index (χ2v) is 6.76. The zero-order valence-electron chi connectivity index (χ0n) is 11.0. The van der Waals surface area contributed by atoms with Gasteiger partial charge in [-0.05, 0) is 43.2 Å². The second-order valence-electron chi connectivity index (χ2n) is 4.94. The monoisotopic (exact) mass is 291 g/mol. The Morgan fingerprint density at radius 2 is 1.90 bits per heavy atom. The summed E-state index contributed by atoms with van der Waals surface area (Å²) >= 11 is 0. The molecule has 0 spiro atoms. The number of nitrogens with zero attached hydrogens (tertiary/aromatic N) is 1. The number of para-hydroxylation sites is 1. The fraction of sp³-hybridized carbons (Fsp3) is 0.200. The van der Waals surface area contributed by atoms with Crippen molar-refractivity contribution in [2.24, 2.45) is 0 Å². The third-order valence-electron chi connectivity index (χ3n) is 3.50. The van der Waals surface area contributed by atoms with E-state index in [9.17, 15) is 12.8 Å². The summed E-state index contributed by atoms with van der Waals surface area (Å²) in [5.74, 6) is -0.550. The van der Waals surface area contributed by atoms with Crippen LogP contribution in [0.3, 0.4) is 0 Å². The molecule has 1 aliphatic rings. The van der Waals surface area contributed by atoms with Crippen LogP contribution < -0.4 is 4.31 Å². The Morgan fingerprint density at radius 3 is 2.65 bits per heavy atom. The SMILES string of the molecule is CC1Cc2ccccc2N1S(=O)(=O)c1cccc(F)c1. The third-order valence-corrected chi connectivity index (χ3v) is 5.42. The van der Waals surface area contributed by atoms with Gasteiger partial charge in [0, 0.05) is 6.04 Å². The molecular weight excluding hydrogens is 277 g/mol. The zero-order chi connectivity index (χ0) is 14.3. The van der Waals surface area contributed by atoms with Crippen LogP contribution in [0.25, 0.3) is 0 Å². The van der Waals surface area contributed by atoms with E-state index in [1.54, 1.807) is 6.07 Å². The molecule has 0 aliphatic carbocycles. The normalized spacial score (nSPS) is 18.1. The van der Waals surface area contributed by atoms with Gasteiger partial charge in [0.25, 0.3) is 10.0 Å². The van der Waals surface area contributed by atoms with Gasteiger partial charge in [-0.25, -0.2) is 12.8 Å². The molecule has 2 aromatic carbocycles. The van der Waals surface area contributed by atoms with Crippen LogP contribution in [0.15, 0.2) is 53.4 Å². The van der Waals surface area contributed by atoms with Crippen LogP contribution in [0.4, 0.5) is 10.1 Å². The molecule has 0 bridgehead atoms. The van der Waals surface area contributed by atoms with E-state index in [-0.39, 0.29) is 10.9 Å². The van der Waals surface area contributed by atoms with Crippen molar-refractivity contribution < 1.29 is 12.8 Å². The lowest BCUT2D eigenvalue weighted by Crippen LogP contribution is -2.35. The molecule has 3 nitrogen and oxygen atoms in total. The quantitative estimate of drug-likeness (QED) is 0.853. The van der Waals surface area contributed by atoms with E-state index in [0.717, 1.165) is 11.6 Å². The van der Waals surface area contributed by atoms with Crippen molar-refractivity contribution in [1.29, 1.82) is 0 Å². The molecule has 104 valence electrons. The van der Waals surface area contributed by atoms with Crippen LogP contribution >= 0.6 is 0 Å². The molecule has 3 rings (SSSR count). The van der Waals surface area contributed by atoms with Crippen LogP contribution in [0.5, 0.6) is 0 Å². The van der Waals surface area contributed by atoms with Gasteiger partial charge in [-0.15, -0.1) is 0 Å². The molecule has 1 aliphatic heterocycles. The maximum absolute atomic E-state index is 13.3. The maximum atomic E-state index is 13.3. The van der Waals surface area contributed by atoms with Crippen LogP contribution in [0.1, 0.15) is 12.5 Å². The fourth-order valence-electron chi connectivity index (χ4n) is 2.64. The Bertz CT molecular complexity index is 758. The van der Waals surface area contributed by atoms with Gasteiger partial charge in [0.1, 0.15) is 5.82 Å². The fourth-order valence-corrected chi connectivity index (χ4v) is 4.37. The molecule has 5 heteroatoms. The lowest BCUT2D eigenvalue weighted by molar-refractivity contribution is 0.580. The summed E-state index contributed by atoms with van der Waals surface area (Å²) in [7, 11) is -3.73. The van der Waals surface area contributed by atoms with E-state index < -0.39 is 15.8 Å². The van der Waals surface area contributed by atoms with Gasteiger partial charge < -0.3 is 0 Å². The summed E-state index contributed by atoms with van der Waals surface area (Å²) in [6, 6.07) is 12.4. The highest BCUT2D eigenvalue weighted by atomic mass is 32.2. The van der Waals surface area contributed by atoms with Crippen LogP contribution in [-0.4, -0.2) is 14.5 Å². The van der Waals surface area contributed by atoms with Gasteiger partial charge in [0.15, 0.2) is 0 Å². The smallest absolute Gasteiger partial charge is 0.263 e. The predicted octanol–water partition coefficient (Wildman–Crippen LogP) is 2.97. The highest BCUT2D eigenvalue weighted by molar-refractivity contribution is 7.92. The number of hydrogen-bond acceptors (Lipinski definition) is 2. The predicted molar refractivity (Wildman–Crippen MR) is 75.7 cm³/mol. The van der Waals surface area contributed by atoms with Crippen molar-refractivity contribution >= 4 is 15.7 Å². The number of hydrogen-bond donors (Lipinski definition) is 0. The van der Waals surface area contributed by atoms with Crippen molar-refractivity contribution in [2.75, 3.05) is 4.31 Å². The van der Waals surface area contributed by atoms with Gasteiger partial charge in [-0.2, -0.15) is 0 Å². The number of halogens is 1. The van der Waals surface area contributed by atoms with E-state index in [2.05, 4.69) is 0 Å². The van der Waals surface area contributed by atoms with Gasteiger partial charge in [-0.3, -0.25) is 4.31 Å². The molecule has 0 radical (unpaired) electrons. The molecular formula is C15H14FNO2S. The molecule has 0 fully saturated rings. The van der Waals surface area contributed by atoms with E-state index in [1.807, 2.05) is 25.1 Å². The lowest BCUT2D eigenvalue weighted by atomic mass is 10.1. The first-order valence-corrected chi connectivity index (χ1v) is 7.82. The van der Waals surface area contributed by atoms with Crippen molar-refractivity contribution in [1.82, 2.24) is 0 Å². The zero-order valence-corrected chi connectivity index (χ0v) is 11.8. The van der Waals surface area contributed by atoms with Crippen molar-refractivity contribution in [2.45, 2.75) is 24.3 Å². The van der Waals surface area contributed by atoms with Gasteiger partial charge in [0.05, 0.1) is 10.6 Å². The summed E-state index contributed by atoms with van der Waals surface area (Å²) in [6.07, 6.45) is 0.671. The standard InChI is InChI=1S/C15H14FNO2S/c1-11-9-12-5-2-3-8-15(12)17(11)20(18,19)14-7-4-6-13(16)10-14/h2-8,10-11H,9H2,1H3. The molecule has 0 N–H and O–H groups in total. The Kier molecular flexibility index (Phi) is 3.01. The molecule has 0 aromatic heterocycles. The molecule has 1 heterocycles. The molecule has 0 saturated heterocycles. The molecule has 1 atom stereocenters. The van der Waals surface area contributed by atoms with Crippen LogP contribution in [0.2, 0.25) is 0 Å². The van der Waals surface area contributed by atoms with Gasteiger partial charge >= 0.3 is 0 Å². The topological polar surface area (TPSA) is 37.4 Å². The Morgan fingerprint density at radius 1 is 1.15 bits per heavy atom. The summed E-state index contributed by atoms with van der Waals surface area (Å²) < 4.78 is 40.1. The van der Waals surface area contributed by atoms with Gasteiger partial charge in [0.2, 0.25) is 0 Å². The van der Waals surface area contributed by atoms with Crippen LogP contribution in [0, 0.1) is 5.82 Å². The number of rotatable bonds is 2. The summed E-state index contributed by atoms with van der Waals surface area (Å²) in [5, 5.41) is 0. The molecule has 2 aromatic rings. The summed E-state index contributed by atoms with van der Waals surface area (Å²) in [6.45, 7) is 1.86. The van der Waals surface area contributed by atoms with Crippen LogP contribution in [-0.2, 0) is 16.4 Å². The van der Waals surface area contributed by atoms with Crippen molar-refractivity contribution in [3.05, 3.63) is 59.9 Å². The number of anilines is 1. The third kappa shape index (κ3) is 1.98. The number of benzene rings is 2. The lowest BCUT2D eigenvalue weighted by Gasteiger charge is -2.24. The molecule has 0 amide bonds. The first-order chi connectivity index (χ1) is 9.50. The van der Waals surface area contributed by atoms with E-state index in [4.69, 9.17) is 0 Å². The highest BCUT2D eigenvalue weighted by Crippen LogP contribution is 2.36. The average molecular weight is 291 g/mol. The minimum absolute atomic E-state index is 0.0129. The average Bonchev–Trinajstić information content (AvgIpc) is 2.75. The second kappa shape index (κ2) is 4.59.